The van der Waals surface area contributed by atoms with Crippen LogP contribution in [-0.2, 0) is 18.6 Å². The zero-order chi connectivity index (χ0) is 12.3. The number of aliphatic hydroxyl groups is 1. The molecule has 6 nitrogen and oxygen atoms in total. The molecule has 0 aliphatic carbocycles. The van der Waals surface area contributed by atoms with Gasteiger partial charge in [0.1, 0.15) is 33.8 Å². The molecule has 0 aromatic carbocycles. The van der Waals surface area contributed by atoms with Crippen molar-refractivity contribution in [3.63, 3.8) is 0 Å². The fourth-order valence-corrected chi connectivity index (χ4v) is 2.24. The molecule has 0 amide bonds. The fraction of sp³-hybridized carbons (Fsp3) is 1.00. The minimum Gasteiger partial charge on any atom is -0.778 e. The number of rotatable bonds is 5. The second kappa shape index (κ2) is 5.62. The van der Waals surface area contributed by atoms with Gasteiger partial charge in [-0.3, -0.25) is 0 Å². The molecular formula is C8H15BO6P-. The first-order valence-corrected chi connectivity index (χ1v) is 6.70. The van der Waals surface area contributed by atoms with Crippen LogP contribution in [0.2, 0.25) is 0 Å². The lowest BCUT2D eigenvalue weighted by Gasteiger charge is -2.29. The maximum atomic E-state index is 11.3. The Balaban J connectivity index is 2.70. The number of methoxy groups -OCH3 is 1. The minimum atomic E-state index is -3.95. The molecule has 8 heteroatoms. The van der Waals surface area contributed by atoms with Crippen molar-refractivity contribution >= 4 is 15.4 Å². The van der Waals surface area contributed by atoms with E-state index in [1.54, 1.807) is 0 Å². The van der Waals surface area contributed by atoms with E-state index in [0.29, 0.717) is 0 Å². The third-order valence-electron chi connectivity index (χ3n) is 2.37. The first-order valence-electron chi connectivity index (χ1n) is 4.97. The molecule has 1 heterocycles. The highest BCUT2D eigenvalue weighted by Gasteiger charge is 2.43. The predicted octanol–water partition coefficient (Wildman–Crippen LogP) is -1.15. The lowest BCUT2D eigenvalue weighted by atomic mass is 9.93. The second-order valence-corrected chi connectivity index (χ2v) is 5.65. The predicted molar refractivity (Wildman–Crippen MR) is 55.3 cm³/mol. The van der Waals surface area contributed by atoms with Crippen LogP contribution in [0.25, 0.3) is 0 Å². The molecule has 1 rings (SSSR count). The number of aliphatic hydroxyl groups excluding tert-OH is 1. The van der Waals surface area contributed by atoms with Crippen molar-refractivity contribution in [2.75, 3.05) is 19.9 Å². The Hall–Kier alpha value is 0.0949. The summed E-state index contributed by atoms with van der Waals surface area (Å²) >= 11 is 0. The van der Waals surface area contributed by atoms with E-state index >= 15 is 0 Å². The van der Waals surface area contributed by atoms with Gasteiger partial charge in [0.25, 0.3) is 0 Å². The van der Waals surface area contributed by atoms with Crippen LogP contribution in [0.1, 0.15) is 6.92 Å². The maximum absolute atomic E-state index is 11.3. The Morgan fingerprint density at radius 1 is 1.62 bits per heavy atom. The second-order valence-electron chi connectivity index (χ2n) is 3.58. The minimum absolute atomic E-state index is 0.110. The summed E-state index contributed by atoms with van der Waals surface area (Å²) in [5.41, 5.74) is 0. The average Bonchev–Trinajstić information content (AvgIpc) is 2.47. The van der Waals surface area contributed by atoms with Crippen LogP contribution in [0.5, 0.6) is 0 Å². The summed E-state index contributed by atoms with van der Waals surface area (Å²) in [6, 6.07) is -0.956. The van der Waals surface area contributed by atoms with Crippen molar-refractivity contribution in [3.05, 3.63) is 0 Å². The summed E-state index contributed by atoms with van der Waals surface area (Å²) in [5, 5.41) is 9.62. The van der Waals surface area contributed by atoms with Gasteiger partial charge in [-0.05, 0) is 0 Å². The van der Waals surface area contributed by atoms with Crippen LogP contribution < -0.4 is 4.89 Å². The van der Waals surface area contributed by atoms with E-state index in [2.05, 4.69) is 0 Å². The molecule has 1 N–H and O–H groups in total. The number of ether oxygens (including phenoxy) is 2. The highest BCUT2D eigenvalue weighted by molar-refractivity contribution is 7.51. The van der Waals surface area contributed by atoms with Crippen LogP contribution in [0.3, 0.4) is 0 Å². The van der Waals surface area contributed by atoms with Gasteiger partial charge in [0, 0.05) is 19.3 Å². The van der Waals surface area contributed by atoms with Crippen molar-refractivity contribution in [1.82, 2.24) is 0 Å². The summed E-state index contributed by atoms with van der Waals surface area (Å²) in [5.74, 6) is 0. The summed E-state index contributed by atoms with van der Waals surface area (Å²) in [7, 11) is 2.94. The van der Waals surface area contributed by atoms with Crippen molar-refractivity contribution in [2.24, 2.45) is 0 Å². The fourth-order valence-electron chi connectivity index (χ4n) is 1.46. The third kappa shape index (κ3) is 3.29. The van der Waals surface area contributed by atoms with Gasteiger partial charge >= 0.3 is 0 Å². The van der Waals surface area contributed by atoms with Crippen LogP contribution in [-0.4, -0.2) is 57.1 Å². The van der Waals surface area contributed by atoms with E-state index in [1.807, 2.05) is 0 Å². The van der Waals surface area contributed by atoms with E-state index in [-0.39, 0.29) is 12.8 Å². The lowest BCUT2D eigenvalue weighted by Crippen LogP contribution is -2.37. The first kappa shape index (κ1) is 14.2. The van der Waals surface area contributed by atoms with Crippen LogP contribution in [0, 0.1) is 0 Å². The third-order valence-corrected chi connectivity index (χ3v) is 3.71. The Labute approximate surface area is 95.8 Å². The molecule has 0 aromatic heterocycles. The van der Waals surface area contributed by atoms with Gasteiger partial charge < -0.3 is 28.6 Å². The molecule has 2 unspecified atom stereocenters. The van der Waals surface area contributed by atoms with E-state index in [4.69, 9.17) is 21.8 Å². The lowest BCUT2D eigenvalue weighted by molar-refractivity contribution is -0.206. The molecule has 1 aliphatic rings. The monoisotopic (exact) mass is 249 g/mol. The van der Waals surface area contributed by atoms with Gasteiger partial charge in [-0.25, -0.2) is 0 Å². The molecule has 0 aromatic rings. The van der Waals surface area contributed by atoms with Crippen LogP contribution >= 0.6 is 7.60 Å². The Morgan fingerprint density at radius 3 is 2.75 bits per heavy atom. The zero-order valence-electron chi connectivity index (χ0n) is 9.24. The molecule has 1 aliphatic heterocycles. The van der Waals surface area contributed by atoms with E-state index in [0.717, 1.165) is 0 Å². The van der Waals surface area contributed by atoms with Crippen LogP contribution in [0.15, 0.2) is 0 Å². The van der Waals surface area contributed by atoms with E-state index < -0.39 is 31.9 Å². The van der Waals surface area contributed by atoms with Gasteiger partial charge in [0.2, 0.25) is 0 Å². The summed E-state index contributed by atoms with van der Waals surface area (Å²) in [4.78, 5) is 11.3. The van der Waals surface area contributed by atoms with Crippen LogP contribution in [0.4, 0.5) is 0 Å². The maximum Gasteiger partial charge on any atom is 0.135 e. The topological polar surface area (TPSA) is 88.1 Å². The van der Waals surface area contributed by atoms with Crippen molar-refractivity contribution in [2.45, 2.75) is 31.2 Å². The highest BCUT2D eigenvalue weighted by Crippen LogP contribution is 2.41. The van der Waals surface area contributed by atoms with Crippen molar-refractivity contribution in [1.29, 1.82) is 0 Å². The summed E-state index contributed by atoms with van der Waals surface area (Å²) < 4.78 is 26.1. The van der Waals surface area contributed by atoms with E-state index in [1.165, 1.54) is 14.0 Å². The summed E-state index contributed by atoms with van der Waals surface area (Å²) in [6.07, 6.45) is -3.00. The molecule has 0 saturated carbocycles. The molecule has 2 radical (unpaired) electrons. The largest absolute Gasteiger partial charge is 0.778 e. The Bertz CT molecular complexity index is 275. The normalized spacial score (nSPS) is 38.5. The first-order chi connectivity index (χ1) is 7.41. The smallest absolute Gasteiger partial charge is 0.135 e. The molecule has 0 spiro atoms. The molecule has 92 valence electrons. The average molecular weight is 249 g/mol. The summed E-state index contributed by atoms with van der Waals surface area (Å²) in [6.45, 7) is 1.57. The molecule has 5 atom stereocenters. The highest BCUT2D eigenvalue weighted by atomic mass is 31.2. The molecule has 16 heavy (non-hydrogen) atoms. The molecular weight excluding hydrogens is 234 g/mol. The Kier molecular flexibility index (Phi) is 4.97. The molecule has 1 saturated heterocycles. The van der Waals surface area contributed by atoms with Gasteiger partial charge in [-0.2, -0.15) is 0 Å². The van der Waals surface area contributed by atoms with Gasteiger partial charge in [0.05, 0.1) is 6.61 Å². The van der Waals surface area contributed by atoms with Gasteiger partial charge in [-0.15, -0.1) is 0 Å². The van der Waals surface area contributed by atoms with Crippen molar-refractivity contribution in [3.8, 4) is 0 Å². The number of hydrogen-bond acceptors (Lipinski definition) is 6. The number of hydrogen-bond donors (Lipinski definition) is 1. The standard InChI is InChI=1S/C8H16BO6P/c1-3-16(11,12)15-7-5(4-13-2)14-8(9)6(7)10/h5-8,10H,3-4H2,1-2H3,(H,11,12)/p-1/t5-,6+,7?,8-/m1/s1. The molecule has 0 bridgehead atoms. The quantitative estimate of drug-likeness (QED) is 0.488. The van der Waals surface area contributed by atoms with Gasteiger partial charge in [0.15, 0.2) is 0 Å². The van der Waals surface area contributed by atoms with Crippen molar-refractivity contribution < 1.29 is 28.6 Å². The Morgan fingerprint density at radius 2 is 2.25 bits per heavy atom. The zero-order valence-corrected chi connectivity index (χ0v) is 10.1. The molecule has 1 fully saturated rings. The van der Waals surface area contributed by atoms with Gasteiger partial charge in [-0.1, -0.05) is 6.92 Å². The van der Waals surface area contributed by atoms with E-state index in [9.17, 15) is 14.6 Å². The SMILES string of the molecule is [B][C@@H]1O[C@H](COC)C(OP(=O)([O-])CC)[C@@H]1O.